The summed E-state index contributed by atoms with van der Waals surface area (Å²) in [6.45, 7) is -0.172. The van der Waals surface area contributed by atoms with E-state index in [9.17, 15) is 14.0 Å². The number of hydrogen-bond donors (Lipinski definition) is 1. The molecule has 3 nitrogen and oxygen atoms in total. The van der Waals surface area contributed by atoms with E-state index in [2.05, 4.69) is 21.2 Å². The average Bonchev–Trinajstić information content (AvgIpc) is 2.44. The Morgan fingerprint density at radius 1 is 1.10 bits per heavy atom. The molecule has 0 saturated carbocycles. The van der Waals surface area contributed by atoms with Gasteiger partial charge in [0.15, 0.2) is 5.78 Å². The third kappa shape index (κ3) is 4.37. The summed E-state index contributed by atoms with van der Waals surface area (Å²) >= 11 is 9.09. The van der Waals surface area contributed by atoms with Gasteiger partial charge in [0.2, 0.25) is 0 Å². The number of nitrogens with one attached hydrogen (secondary N) is 1. The van der Waals surface area contributed by atoms with Crippen molar-refractivity contribution in [2.75, 3.05) is 6.54 Å². The molecule has 1 amide bonds. The zero-order chi connectivity index (χ0) is 15.4. The molecule has 0 aliphatic rings. The molecular formula is C15H10BrClFNO2. The lowest BCUT2D eigenvalue weighted by molar-refractivity contribution is 0.0904. The number of ketones is 1. The van der Waals surface area contributed by atoms with Crippen molar-refractivity contribution in [3.8, 4) is 0 Å². The molecule has 0 radical (unpaired) electrons. The first-order valence-electron chi connectivity index (χ1n) is 5.99. The first-order valence-corrected chi connectivity index (χ1v) is 7.16. The average molecular weight is 371 g/mol. The molecule has 0 fully saturated rings. The normalized spacial score (nSPS) is 10.2. The minimum Gasteiger partial charge on any atom is -0.345 e. The SMILES string of the molecule is O=C(CNC(=O)c1cc(Cl)cc(Br)c1)c1ccc(F)cc1. The molecule has 0 aromatic heterocycles. The topological polar surface area (TPSA) is 46.2 Å². The van der Waals surface area contributed by atoms with Gasteiger partial charge in [-0.3, -0.25) is 9.59 Å². The van der Waals surface area contributed by atoms with Crippen molar-refractivity contribution in [3.63, 3.8) is 0 Å². The van der Waals surface area contributed by atoms with Crippen molar-refractivity contribution in [1.29, 1.82) is 0 Å². The molecule has 108 valence electrons. The van der Waals surface area contributed by atoms with Crippen molar-refractivity contribution < 1.29 is 14.0 Å². The van der Waals surface area contributed by atoms with Gasteiger partial charge in [0, 0.05) is 20.6 Å². The lowest BCUT2D eigenvalue weighted by Gasteiger charge is -2.06. The maximum atomic E-state index is 12.8. The maximum Gasteiger partial charge on any atom is 0.251 e. The number of amides is 1. The highest BCUT2D eigenvalue weighted by Gasteiger charge is 2.11. The van der Waals surface area contributed by atoms with Gasteiger partial charge in [-0.25, -0.2) is 4.39 Å². The summed E-state index contributed by atoms with van der Waals surface area (Å²) in [5.74, 6) is -1.13. The second-order valence-corrected chi connectivity index (χ2v) is 5.62. The molecular weight excluding hydrogens is 361 g/mol. The van der Waals surface area contributed by atoms with Crippen molar-refractivity contribution >= 4 is 39.2 Å². The molecule has 1 N–H and O–H groups in total. The van der Waals surface area contributed by atoms with E-state index in [-0.39, 0.29) is 12.3 Å². The number of benzene rings is 2. The van der Waals surface area contributed by atoms with E-state index in [0.717, 1.165) is 0 Å². The highest BCUT2D eigenvalue weighted by molar-refractivity contribution is 9.10. The highest BCUT2D eigenvalue weighted by Crippen LogP contribution is 2.19. The van der Waals surface area contributed by atoms with Gasteiger partial charge in [-0.1, -0.05) is 27.5 Å². The number of carbonyl (C=O) groups excluding carboxylic acids is 2. The van der Waals surface area contributed by atoms with Gasteiger partial charge in [-0.2, -0.15) is 0 Å². The molecule has 2 aromatic rings. The van der Waals surface area contributed by atoms with Crippen LogP contribution in [0.25, 0.3) is 0 Å². The molecule has 21 heavy (non-hydrogen) atoms. The van der Waals surface area contributed by atoms with Crippen LogP contribution in [-0.4, -0.2) is 18.2 Å². The zero-order valence-corrected chi connectivity index (χ0v) is 13.0. The van der Waals surface area contributed by atoms with Crippen LogP contribution in [0.1, 0.15) is 20.7 Å². The number of Topliss-reactive ketones (excluding diaryl/α,β-unsaturated/α-hetero) is 1. The molecule has 2 aromatic carbocycles. The molecule has 0 aliphatic carbocycles. The van der Waals surface area contributed by atoms with Crippen LogP contribution in [0.3, 0.4) is 0 Å². The smallest absolute Gasteiger partial charge is 0.251 e. The largest absolute Gasteiger partial charge is 0.345 e. The molecule has 0 unspecified atom stereocenters. The predicted molar refractivity (Wildman–Crippen MR) is 82.2 cm³/mol. The van der Waals surface area contributed by atoms with Crippen molar-refractivity contribution in [1.82, 2.24) is 5.32 Å². The molecule has 0 bridgehead atoms. The van der Waals surface area contributed by atoms with E-state index in [1.54, 1.807) is 12.1 Å². The second kappa shape index (κ2) is 6.83. The minimum atomic E-state index is -0.417. The van der Waals surface area contributed by atoms with Crippen molar-refractivity contribution in [2.24, 2.45) is 0 Å². The van der Waals surface area contributed by atoms with Gasteiger partial charge in [0.05, 0.1) is 6.54 Å². The van der Waals surface area contributed by atoms with Gasteiger partial charge >= 0.3 is 0 Å². The van der Waals surface area contributed by atoms with Gasteiger partial charge in [-0.15, -0.1) is 0 Å². The fourth-order valence-corrected chi connectivity index (χ4v) is 2.55. The monoisotopic (exact) mass is 369 g/mol. The Labute approximate surface area is 134 Å². The van der Waals surface area contributed by atoms with E-state index < -0.39 is 11.7 Å². The molecule has 0 heterocycles. The summed E-state index contributed by atoms with van der Waals surface area (Å²) in [4.78, 5) is 23.8. The molecule has 0 atom stereocenters. The summed E-state index contributed by atoms with van der Waals surface area (Å²) in [5.41, 5.74) is 0.685. The Balaban J connectivity index is 2.00. The van der Waals surface area contributed by atoms with Crippen LogP contribution in [-0.2, 0) is 0 Å². The third-order valence-corrected chi connectivity index (χ3v) is 3.38. The van der Waals surface area contributed by atoms with Gasteiger partial charge in [-0.05, 0) is 42.5 Å². The summed E-state index contributed by atoms with van der Waals surface area (Å²) in [5, 5.41) is 2.92. The van der Waals surface area contributed by atoms with Crippen LogP contribution in [0.15, 0.2) is 46.9 Å². The fraction of sp³-hybridized carbons (Fsp3) is 0.0667. The van der Waals surface area contributed by atoms with Crippen LogP contribution in [0.2, 0.25) is 5.02 Å². The Hall–Kier alpha value is -1.72. The minimum absolute atomic E-state index is 0.172. The first-order chi connectivity index (χ1) is 9.95. The lowest BCUT2D eigenvalue weighted by Crippen LogP contribution is -2.29. The quantitative estimate of drug-likeness (QED) is 0.831. The summed E-state index contributed by atoms with van der Waals surface area (Å²) in [6, 6.07) is 9.90. The summed E-state index contributed by atoms with van der Waals surface area (Å²) in [6.07, 6.45) is 0. The standard InChI is InChI=1S/C15H10BrClFNO2/c16-11-5-10(6-12(17)7-11)15(21)19-8-14(20)9-1-3-13(18)4-2-9/h1-7H,8H2,(H,19,21). The second-order valence-electron chi connectivity index (χ2n) is 4.27. The zero-order valence-electron chi connectivity index (χ0n) is 10.7. The lowest BCUT2D eigenvalue weighted by atomic mass is 10.1. The van der Waals surface area contributed by atoms with E-state index in [0.29, 0.717) is 20.6 Å². The first kappa shape index (κ1) is 15.7. The van der Waals surface area contributed by atoms with E-state index >= 15 is 0 Å². The van der Waals surface area contributed by atoms with Gasteiger partial charge in [0.1, 0.15) is 5.82 Å². The molecule has 2 rings (SSSR count). The van der Waals surface area contributed by atoms with Crippen LogP contribution in [0.5, 0.6) is 0 Å². The van der Waals surface area contributed by atoms with E-state index in [4.69, 9.17) is 11.6 Å². The predicted octanol–water partition coefficient (Wildman–Crippen LogP) is 3.85. The number of carbonyl (C=O) groups is 2. The number of halogens is 3. The molecule has 0 spiro atoms. The van der Waals surface area contributed by atoms with Crippen LogP contribution in [0.4, 0.5) is 4.39 Å². The Bertz CT molecular complexity index is 668. The molecule has 0 aliphatic heterocycles. The van der Waals surface area contributed by atoms with Crippen molar-refractivity contribution in [3.05, 3.63) is 68.9 Å². The number of hydrogen-bond acceptors (Lipinski definition) is 2. The Morgan fingerprint density at radius 3 is 2.38 bits per heavy atom. The van der Waals surface area contributed by atoms with Crippen LogP contribution < -0.4 is 5.32 Å². The van der Waals surface area contributed by atoms with E-state index in [1.807, 2.05) is 0 Å². The molecule has 0 saturated heterocycles. The third-order valence-electron chi connectivity index (χ3n) is 2.70. The van der Waals surface area contributed by atoms with Gasteiger partial charge in [0.25, 0.3) is 5.91 Å². The van der Waals surface area contributed by atoms with E-state index in [1.165, 1.54) is 30.3 Å². The summed E-state index contributed by atoms with van der Waals surface area (Å²) in [7, 11) is 0. The van der Waals surface area contributed by atoms with Gasteiger partial charge < -0.3 is 5.32 Å². The number of rotatable bonds is 4. The Kier molecular flexibility index (Phi) is 5.09. The maximum absolute atomic E-state index is 12.8. The Morgan fingerprint density at radius 2 is 1.76 bits per heavy atom. The summed E-state index contributed by atoms with van der Waals surface area (Å²) < 4.78 is 13.4. The van der Waals surface area contributed by atoms with Crippen molar-refractivity contribution in [2.45, 2.75) is 0 Å². The molecule has 6 heteroatoms. The highest BCUT2D eigenvalue weighted by atomic mass is 79.9. The van der Waals surface area contributed by atoms with Crippen LogP contribution >= 0.6 is 27.5 Å². The fourth-order valence-electron chi connectivity index (χ4n) is 1.69. The van der Waals surface area contributed by atoms with Crippen LogP contribution in [0, 0.1) is 5.82 Å².